The van der Waals surface area contributed by atoms with Gasteiger partial charge in [-0.05, 0) is 11.1 Å². The minimum Gasteiger partial charge on any atom is -0.480 e. The predicted octanol–water partition coefficient (Wildman–Crippen LogP) is 3.37. The summed E-state index contributed by atoms with van der Waals surface area (Å²) in [6.45, 7) is 0.233. The van der Waals surface area contributed by atoms with Gasteiger partial charge in [0.2, 0.25) is 5.91 Å². The summed E-state index contributed by atoms with van der Waals surface area (Å²) < 4.78 is 38.5. The summed E-state index contributed by atoms with van der Waals surface area (Å²) in [6, 6.07) is 10.5. The number of hydrogen-bond donors (Lipinski definition) is 2. The van der Waals surface area contributed by atoms with Gasteiger partial charge in [-0.1, -0.05) is 41.9 Å². The molecule has 1 amide bonds. The van der Waals surface area contributed by atoms with Crippen LogP contribution >= 0.6 is 11.6 Å². The molecule has 2 aliphatic rings. The van der Waals surface area contributed by atoms with Crippen LogP contribution in [-0.2, 0) is 23.4 Å². The van der Waals surface area contributed by atoms with Crippen molar-refractivity contribution >= 4 is 17.5 Å². The summed E-state index contributed by atoms with van der Waals surface area (Å²) in [5.41, 5.74) is 12.4. The number of primary amides is 1. The molecule has 3 heterocycles. The molecule has 2 aliphatic heterocycles. The molecule has 0 saturated heterocycles. The number of amides is 1. The monoisotopic (exact) mass is 458 g/mol. The fourth-order valence-electron chi connectivity index (χ4n) is 4.98. The molecule has 32 heavy (non-hydrogen) atoms. The Bertz CT molecular complexity index is 1200. The molecule has 0 spiro atoms. The van der Waals surface area contributed by atoms with Crippen LogP contribution in [-0.4, -0.2) is 22.0 Å². The molecule has 0 bridgehead atoms. The lowest BCUT2D eigenvalue weighted by atomic mass is 9.76. The maximum atomic E-state index is 15.8. The molecule has 6 nitrogen and oxygen atoms in total. The number of carbonyl (C=O) groups is 1. The lowest BCUT2D eigenvalue weighted by molar-refractivity contribution is -0.124. The van der Waals surface area contributed by atoms with Crippen molar-refractivity contribution < 1.29 is 18.3 Å². The molecular weight excluding hydrogens is 438 g/mol. The van der Waals surface area contributed by atoms with E-state index >= 15 is 4.39 Å². The van der Waals surface area contributed by atoms with E-state index in [-0.39, 0.29) is 41.7 Å². The first kappa shape index (κ1) is 20.9. The third-order valence-electron chi connectivity index (χ3n) is 6.56. The van der Waals surface area contributed by atoms with Gasteiger partial charge >= 0.3 is 0 Å². The molecule has 0 fully saturated rings. The van der Waals surface area contributed by atoms with Crippen LogP contribution in [0, 0.1) is 11.7 Å². The van der Waals surface area contributed by atoms with E-state index < -0.39 is 35.3 Å². The second-order valence-corrected chi connectivity index (χ2v) is 8.66. The van der Waals surface area contributed by atoms with E-state index in [2.05, 4.69) is 4.98 Å². The molecule has 0 aliphatic carbocycles. The zero-order valence-corrected chi connectivity index (χ0v) is 17.7. The summed E-state index contributed by atoms with van der Waals surface area (Å²) in [4.78, 5) is 16.4. The van der Waals surface area contributed by atoms with Crippen LogP contribution in [0.4, 0.5) is 8.78 Å². The lowest BCUT2D eigenvalue weighted by Crippen LogP contribution is -2.40. The number of imidazole rings is 1. The molecule has 0 radical (unpaired) electrons. The molecule has 4 N–H and O–H groups in total. The fourth-order valence-corrected chi connectivity index (χ4v) is 5.27. The zero-order chi connectivity index (χ0) is 22.6. The van der Waals surface area contributed by atoms with Crippen molar-refractivity contribution in [3.8, 4) is 5.75 Å². The number of carbonyl (C=O) groups excluding carboxylic acids is 1. The van der Waals surface area contributed by atoms with Gasteiger partial charge in [0.15, 0.2) is 11.8 Å². The number of hydrogen-bond acceptors (Lipinski definition) is 4. The van der Waals surface area contributed by atoms with Crippen LogP contribution in [0.3, 0.4) is 0 Å². The number of benzene rings is 2. The fraction of sp³-hybridized carbons (Fsp3) is 0.304. The zero-order valence-electron chi connectivity index (χ0n) is 17.0. The summed E-state index contributed by atoms with van der Waals surface area (Å²) in [6.07, 6.45) is 1.59. The van der Waals surface area contributed by atoms with Gasteiger partial charge in [-0.2, -0.15) is 0 Å². The van der Waals surface area contributed by atoms with E-state index in [1.807, 2.05) is 30.3 Å². The van der Waals surface area contributed by atoms with Gasteiger partial charge in [-0.3, -0.25) is 4.79 Å². The SMILES string of the molecule is NC[C@@]1(c2ccccc2)Cc2c(cc(F)c(Cl)c2C2C(C(N)=O)Cn3ccnc3C2F)O1. The quantitative estimate of drug-likeness (QED) is 0.626. The topological polar surface area (TPSA) is 96.2 Å². The maximum Gasteiger partial charge on any atom is 0.223 e. The second kappa shape index (κ2) is 7.56. The van der Waals surface area contributed by atoms with Crippen molar-refractivity contribution in [3.63, 3.8) is 0 Å². The highest BCUT2D eigenvalue weighted by Gasteiger charge is 2.48. The second-order valence-electron chi connectivity index (χ2n) is 8.28. The van der Waals surface area contributed by atoms with E-state index in [1.165, 1.54) is 12.3 Å². The average molecular weight is 459 g/mol. The number of fused-ring (bicyclic) bond motifs is 2. The van der Waals surface area contributed by atoms with E-state index in [1.54, 1.807) is 10.8 Å². The van der Waals surface area contributed by atoms with E-state index in [0.717, 1.165) is 5.56 Å². The Labute approximate surface area is 188 Å². The first-order valence-electron chi connectivity index (χ1n) is 10.3. The van der Waals surface area contributed by atoms with Crippen LogP contribution in [0.1, 0.15) is 34.6 Å². The summed E-state index contributed by atoms with van der Waals surface area (Å²) in [5.74, 6) is -3.12. The van der Waals surface area contributed by atoms with Gasteiger partial charge < -0.3 is 20.8 Å². The largest absolute Gasteiger partial charge is 0.480 e. The van der Waals surface area contributed by atoms with Crippen molar-refractivity contribution in [1.29, 1.82) is 0 Å². The lowest BCUT2D eigenvalue weighted by Gasteiger charge is -2.34. The maximum absolute atomic E-state index is 15.8. The van der Waals surface area contributed by atoms with Crippen LogP contribution in [0.15, 0.2) is 48.8 Å². The highest BCUT2D eigenvalue weighted by Crippen LogP contribution is 2.53. The van der Waals surface area contributed by atoms with Crippen LogP contribution < -0.4 is 16.2 Å². The highest BCUT2D eigenvalue weighted by atomic mass is 35.5. The molecular formula is C23H21ClF2N4O2. The van der Waals surface area contributed by atoms with Gasteiger partial charge in [0.1, 0.15) is 17.4 Å². The van der Waals surface area contributed by atoms with Gasteiger partial charge in [0, 0.05) is 49.5 Å². The molecule has 9 heteroatoms. The van der Waals surface area contributed by atoms with E-state index in [4.69, 9.17) is 27.8 Å². The smallest absolute Gasteiger partial charge is 0.223 e. The normalized spacial score (nSPS) is 26.3. The molecule has 0 saturated carbocycles. The summed E-state index contributed by atoms with van der Waals surface area (Å²) in [7, 11) is 0. The van der Waals surface area contributed by atoms with Gasteiger partial charge in [-0.25, -0.2) is 13.8 Å². The van der Waals surface area contributed by atoms with Crippen molar-refractivity contribution in [1.82, 2.24) is 9.55 Å². The number of ether oxygens (including phenoxy) is 1. The number of nitrogens with zero attached hydrogens (tertiary/aromatic N) is 2. The number of aromatic nitrogens is 2. The molecule has 3 aromatic rings. The van der Waals surface area contributed by atoms with Crippen molar-refractivity contribution in [2.45, 2.75) is 30.7 Å². The summed E-state index contributed by atoms with van der Waals surface area (Å²) in [5, 5.41) is -0.243. The van der Waals surface area contributed by atoms with Gasteiger partial charge in [0.25, 0.3) is 0 Å². The minimum absolute atomic E-state index is 0.109. The van der Waals surface area contributed by atoms with E-state index in [0.29, 0.717) is 5.56 Å². The van der Waals surface area contributed by atoms with Crippen LogP contribution in [0.2, 0.25) is 5.02 Å². The van der Waals surface area contributed by atoms with Crippen molar-refractivity contribution in [2.24, 2.45) is 17.4 Å². The number of alkyl halides is 1. The Morgan fingerprint density at radius 3 is 2.78 bits per heavy atom. The van der Waals surface area contributed by atoms with Gasteiger partial charge in [0.05, 0.1) is 10.9 Å². The number of halogens is 3. The molecule has 4 atom stereocenters. The number of nitrogens with two attached hydrogens (primary N) is 2. The molecule has 1 aromatic heterocycles. The van der Waals surface area contributed by atoms with Crippen molar-refractivity contribution in [3.05, 3.63) is 82.1 Å². The predicted molar refractivity (Wildman–Crippen MR) is 114 cm³/mol. The Hall–Kier alpha value is -2.97. The van der Waals surface area contributed by atoms with Gasteiger partial charge in [-0.15, -0.1) is 0 Å². The number of rotatable bonds is 4. The first-order valence-corrected chi connectivity index (χ1v) is 10.6. The molecule has 5 rings (SSSR count). The molecule has 2 aromatic carbocycles. The van der Waals surface area contributed by atoms with Crippen LogP contribution in [0.5, 0.6) is 5.75 Å². The third-order valence-corrected chi connectivity index (χ3v) is 6.94. The highest BCUT2D eigenvalue weighted by molar-refractivity contribution is 6.31. The van der Waals surface area contributed by atoms with Crippen LogP contribution in [0.25, 0.3) is 0 Å². The Morgan fingerprint density at radius 1 is 1.34 bits per heavy atom. The Kier molecular flexibility index (Phi) is 4.94. The standard InChI is InChI=1S/C23H21ClF2N4O2/c24-19-15(25)8-16-13(9-23(11-27,32-16)12-4-2-1-3-5-12)17(19)18-14(21(28)31)10-30-7-6-29-22(30)20(18)26/h1-8,14,18,20H,9-11,27H2,(H2,28,31)/t14?,18?,20?,23-/m1/s1. The average Bonchev–Trinajstić information content (AvgIpc) is 3.41. The van der Waals surface area contributed by atoms with Crippen molar-refractivity contribution in [2.75, 3.05) is 6.54 Å². The Morgan fingerprint density at radius 2 is 2.09 bits per heavy atom. The summed E-state index contributed by atoms with van der Waals surface area (Å²) >= 11 is 6.42. The van der Waals surface area contributed by atoms with E-state index in [9.17, 15) is 9.18 Å². The third kappa shape index (κ3) is 3.01. The molecule has 166 valence electrons. The Balaban J connectivity index is 1.69. The first-order chi connectivity index (χ1) is 15.4. The molecule has 3 unspecified atom stereocenters. The minimum atomic E-state index is -1.70.